The third-order valence-electron chi connectivity index (χ3n) is 4.50. The minimum atomic E-state index is -0.230. The van der Waals surface area contributed by atoms with Crippen LogP contribution in [-0.4, -0.2) is 15.9 Å². The van der Waals surface area contributed by atoms with Crippen LogP contribution in [0.5, 0.6) is 11.6 Å². The summed E-state index contributed by atoms with van der Waals surface area (Å²) < 4.78 is 11.7. The Labute approximate surface area is 184 Å². The van der Waals surface area contributed by atoms with Crippen LogP contribution in [0.4, 0.5) is 0 Å². The summed E-state index contributed by atoms with van der Waals surface area (Å²) in [4.78, 5) is 21.3. The topological polar surface area (TPSA) is 73.3 Å². The van der Waals surface area contributed by atoms with Crippen LogP contribution < -0.4 is 14.8 Å². The predicted molar refractivity (Wildman–Crippen MR) is 119 cm³/mol. The minimum absolute atomic E-state index is 0.230. The summed E-state index contributed by atoms with van der Waals surface area (Å²) in [5.74, 6) is 0.784. The first-order chi connectivity index (χ1) is 15.3. The van der Waals surface area contributed by atoms with Gasteiger partial charge in [0.05, 0.1) is 16.8 Å². The van der Waals surface area contributed by atoms with Crippen molar-refractivity contribution >= 4 is 17.2 Å². The molecule has 156 valence electrons. The maximum Gasteiger partial charge on any atom is 0.255 e. The average Bonchev–Trinajstić information content (AvgIpc) is 3.35. The van der Waals surface area contributed by atoms with E-state index in [1.54, 1.807) is 23.8 Å². The van der Waals surface area contributed by atoms with E-state index in [0.29, 0.717) is 30.4 Å². The summed E-state index contributed by atoms with van der Waals surface area (Å²) in [6.07, 6.45) is 1.67. The van der Waals surface area contributed by atoms with Crippen molar-refractivity contribution in [3.8, 4) is 11.6 Å². The molecule has 0 atom stereocenters. The SMILES string of the molecule is O=C(NCc1cccnc1OCc1ccccc1)c1ccccc1OCc1cscn1. The molecule has 0 spiro atoms. The zero-order valence-electron chi connectivity index (χ0n) is 16.7. The zero-order chi connectivity index (χ0) is 21.3. The lowest BCUT2D eigenvalue weighted by Gasteiger charge is -2.13. The molecule has 0 saturated heterocycles. The molecule has 2 aromatic heterocycles. The Bertz CT molecular complexity index is 1120. The van der Waals surface area contributed by atoms with E-state index >= 15 is 0 Å². The number of rotatable bonds is 9. The fraction of sp³-hybridized carbons (Fsp3) is 0.125. The number of pyridine rings is 1. The van der Waals surface area contributed by atoms with E-state index in [2.05, 4.69) is 15.3 Å². The zero-order valence-corrected chi connectivity index (χ0v) is 17.5. The van der Waals surface area contributed by atoms with Crippen molar-refractivity contribution in [3.05, 3.63) is 106 Å². The summed E-state index contributed by atoms with van der Waals surface area (Å²) in [6.45, 7) is 1.01. The molecular weight excluding hydrogens is 410 g/mol. The van der Waals surface area contributed by atoms with Crippen LogP contribution in [0.15, 0.2) is 83.8 Å². The largest absolute Gasteiger partial charge is 0.486 e. The summed E-state index contributed by atoms with van der Waals surface area (Å²) in [6, 6.07) is 20.7. The third-order valence-corrected chi connectivity index (χ3v) is 5.13. The number of carbonyl (C=O) groups excluding carboxylic acids is 1. The van der Waals surface area contributed by atoms with E-state index in [1.807, 2.05) is 60.0 Å². The number of aromatic nitrogens is 2. The van der Waals surface area contributed by atoms with Gasteiger partial charge in [0.1, 0.15) is 19.0 Å². The molecule has 0 bridgehead atoms. The molecule has 1 N–H and O–H groups in total. The number of ether oxygens (including phenoxy) is 2. The van der Waals surface area contributed by atoms with E-state index in [9.17, 15) is 4.79 Å². The summed E-state index contributed by atoms with van der Waals surface area (Å²) in [5.41, 5.74) is 4.90. The van der Waals surface area contributed by atoms with Crippen molar-refractivity contribution in [2.24, 2.45) is 0 Å². The van der Waals surface area contributed by atoms with Gasteiger partial charge in [-0.15, -0.1) is 11.3 Å². The van der Waals surface area contributed by atoms with Gasteiger partial charge in [0.2, 0.25) is 5.88 Å². The molecule has 2 heterocycles. The van der Waals surface area contributed by atoms with Crippen molar-refractivity contribution in [1.29, 1.82) is 0 Å². The number of nitrogens with one attached hydrogen (secondary N) is 1. The van der Waals surface area contributed by atoms with Crippen molar-refractivity contribution < 1.29 is 14.3 Å². The lowest BCUT2D eigenvalue weighted by atomic mass is 10.1. The molecule has 7 heteroatoms. The second kappa shape index (κ2) is 10.4. The van der Waals surface area contributed by atoms with E-state index in [0.717, 1.165) is 16.8 Å². The van der Waals surface area contributed by atoms with Gasteiger partial charge in [-0.2, -0.15) is 0 Å². The number of carbonyl (C=O) groups is 1. The highest BCUT2D eigenvalue weighted by Crippen LogP contribution is 2.21. The molecule has 0 radical (unpaired) electrons. The first-order valence-corrected chi connectivity index (χ1v) is 10.7. The molecule has 6 nitrogen and oxygen atoms in total. The second-order valence-corrected chi connectivity index (χ2v) is 7.41. The number of benzene rings is 2. The summed E-state index contributed by atoms with van der Waals surface area (Å²) in [7, 11) is 0. The van der Waals surface area contributed by atoms with Gasteiger partial charge < -0.3 is 14.8 Å². The molecule has 0 unspecified atom stereocenters. The van der Waals surface area contributed by atoms with E-state index in [-0.39, 0.29) is 12.5 Å². The molecule has 0 fully saturated rings. The van der Waals surface area contributed by atoms with E-state index in [1.165, 1.54) is 11.3 Å². The maximum absolute atomic E-state index is 12.8. The molecule has 0 saturated carbocycles. The van der Waals surface area contributed by atoms with Gasteiger partial charge in [-0.3, -0.25) is 4.79 Å². The van der Waals surface area contributed by atoms with E-state index < -0.39 is 0 Å². The maximum atomic E-state index is 12.8. The number of para-hydroxylation sites is 1. The Hall–Kier alpha value is -3.71. The normalized spacial score (nSPS) is 10.5. The van der Waals surface area contributed by atoms with Crippen molar-refractivity contribution in [2.75, 3.05) is 0 Å². The van der Waals surface area contributed by atoms with Crippen molar-refractivity contribution in [3.63, 3.8) is 0 Å². The molecule has 0 aliphatic rings. The Morgan fingerprint density at radius 1 is 0.903 bits per heavy atom. The molecule has 31 heavy (non-hydrogen) atoms. The van der Waals surface area contributed by atoms with Gasteiger partial charge in [0, 0.05) is 23.7 Å². The van der Waals surface area contributed by atoms with Crippen LogP contribution in [0.1, 0.15) is 27.2 Å². The minimum Gasteiger partial charge on any atom is -0.486 e. The Kier molecular flexibility index (Phi) is 6.87. The van der Waals surface area contributed by atoms with E-state index in [4.69, 9.17) is 9.47 Å². The van der Waals surface area contributed by atoms with Crippen LogP contribution >= 0.6 is 11.3 Å². The highest BCUT2D eigenvalue weighted by atomic mass is 32.1. The third kappa shape index (κ3) is 5.67. The number of amides is 1. The fourth-order valence-corrected chi connectivity index (χ4v) is 3.47. The van der Waals surface area contributed by atoms with Gasteiger partial charge in [0.15, 0.2) is 0 Å². The Morgan fingerprint density at radius 2 is 1.74 bits per heavy atom. The highest BCUT2D eigenvalue weighted by molar-refractivity contribution is 7.07. The summed E-state index contributed by atoms with van der Waals surface area (Å²) >= 11 is 1.51. The van der Waals surface area contributed by atoms with Gasteiger partial charge >= 0.3 is 0 Å². The monoisotopic (exact) mass is 431 g/mol. The lowest BCUT2D eigenvalue weighted by Crippen LogP contribution is -2.24. The quantitative estimate of drug-likeness (QED) is 0.418. The Balaban J connectivity index is 1.39. The smallest absolute Gasteiger partial charge is 0.255 e. The van der Waals surface area contributed by atoms with Gasteiger partial charge in [-0.05, 0) is 23.8 Å². The first kappa shape index (κ1) is 20.6. The molecule has 0 aliphatic heterocycles. The second-order valence-electron chi connectivity index (χ2n) is 6.69. The summed E-state index contributed by atoms with van der Waals surface area (Å²) in [5, 5.41) is 4.85. The molecular formula is C24H21N3O3S. The number of nitrogens with zero attached hydrogens (tertiary/aromatic N) is 2. The fourth-order valence-electron chi connectivity index (χ4n) is 2.93. The van der Waals surface area contributed by atoms with Crippen molar-refractivity contribution in [2.45, 2.75) is 19.8 Å². The van der Waals surface area contributed by atoms with Crippen LogP contribution in [0, 0.1) is 0 Å². The van der Waals surface area contributed by atoms with Gasteiger partial charge in [0.25, 0.3) is 5.91 Å². The average molecular weight is 432 g/mol. The lowest BCUT2D eigenvalue weighted by molar-refractivity contribution is 0.0946. The van der Waals surface area contributed by atoms with Gasteiger partial charge in [-0.1, -0.05) is 48.5 Å². The van der Waals surface area contributed by atoms with Crippen LogP contribution in [0.25, 0.3) is 0 Å². The first-order valence-electron chi connectivity index (χ1n) is 9.77. The molecule has 0 aliphatic carbocycles. The number of hydrogen-bond acceptors (Lipinski definition) is 6. The van der Waals surface area contributed by atoms with Crippen LogP contribution in [-0.2, 0) is 19.8 Å². The van der Waals surface area contributed by atoms with Gasteiger partial charge in [-0.25, -0.2) is 9.97 Å². The van der Waals surface area contributed by atoms with Crippen LogP contribution in [0.3, 0.4) is 0 Å². The standard InChI is InChI=1S/C24H21N3O3S/c28-23(21-10-4-5-11-22(21)29-15-20-16-31-17-27-20)26-13-19-9-6-12-25-24(19)30-14-18-7-2-1-3-8-18/h1-12,16-17H,13-15H2,(H,26,28). The molecule has 4 rings (SSSR count). The Morgan fingerprint density at radius 3 is 2.58 bits per heavy atom. The van der Waals surface area contributed by atoms with Crippen molar-refractivity contribution in [1.82, 2.24) is 15.3 Å². The number of thiazole rings is 1. The predicted octanol–water partition coefficient (Wildman–Crippen LogP) is 4.63. The molecule has 1 amide bonds. The van der Waals surface area contributed by atoms with Crippen LogP contribution in [0.2, 0.25) is 0 Å². The molecule has 2 aromatic carbocycles. The highest BCUT2D eigenvalue weighted by Gasteiger charge is 2.14. The molecule has 4 aromatic rings. The number of hydrogen-bond donors (Lipinski definition) is 1.